The first-order valence-electron chi connectivity index (χ1n) is 8.34. The van der Waals surface area contributed by atoms with Crippen molar-refractivity contribution in [2.75, 3.05) is 26.3 Å². The first-order valence-corrected chi connectivity index (χ1v) is 8.34. The maximum atomic E-state index is 11.9. The van der Waals surface area contributed by atoms with Crippen molar-refractivity contribution in [3.05, 3.63) is 29.2 Å². The fourth-order valence-corrected chi connectivity index (χ4v) is 4.19. The molecule has 0 spiro atoms. The number of aromatic nitrogens is 3. The number of nitrogens with zero attached hydrogens (tertiary/aromatic N) is 4. The van der Waals surface area contributed by atoms with Crippen LogP contribution in [0, 0.1) is 25.2 Å². The number of likely N-dealkylation sites (tertiary alicyclic amines) is 1. The normalized spacial score (nSPS) is 27.5. The van der Waals surface area contributed by atoms with Gasteiger partial charge in [0.25, 0.3) is 0 Å². The third kappa shape index (κ3) is 2.31. The van der Waals surface area contributed by atoms with Crippen molar-refractivity contribution in [1.29, 1.82) is 0 Å². The van der Waals surface area contributed by atoms with Crippen molar-refractivity contribution in [2.24, 2.45) is 11.3 Å². The summed E-state index contributed by atoms with van der Waals surface area (Å²) in [7, 11) is 0. The number of carbonyl (C=O) groups is 1. The SMILES string of the molecule is Cc1cc(C)n2ncc(CN3C[C@@H]4COCC[C@]4(C(=O)O)C3)c2n1. The minimum atomic E-state index is -0.692. The Kier molecular flexibility index (Phi) is 3.58. The van der Waals surface area contributed by atoms with E-state index in [4.69, 9.17) is 4.74 Å². The van der Waals surface area contributed by atoms with Crippen LogP contribution < -0.4 is 0 Å². The molecule has 2 atom stereocenters. The minimum Gasteiger partial charge on any atom is -0.481 e. The lowest BCUT2D eigenvalue weighted by Crippen LogP contribution is -2.44. The van der Waals surface area contributed by atoms with Crippen molar-refractivity contribution in [2.45, 2.75) is 26.8 Å². The highest BCUT2D eigenvalue weighted by atomic mass is 16.5. The number of hydrogen-bond donors (Lipinski definition) is 1. The molecule has 24 heavy (non-hydrogen) atoms. The molecule has 2 aliphatic rings. The molecule has 2 aliphatic heterocycles. The molecule has 0 unspecified atom stereocenters. The molecule has 7 heteroatoms. The number of ether oxygens (including phenoxy) is 1. The Bertz CT molecular complexity index is 802. The quantitative estimate of drug-likeness (QED) is 0.913. The second-order valence-corrected chi connectivity index (χ2v) is 7.10. The zero-order valence-electron chi connectivity index (χ0n) is 14.0. The van der Waals surface area contributed by atoms with E-state index >= 15 is 0 Å². The van der Waals surface area contributed by atoms with E-state index in [0.717, 1.165) is 29.1 Å². The molecule has 1 N–H and O–H groups in total. The Morgan fingerprint density at radius 3 is 3.08 bits per heavy atom. The van der Waals surface area contributed by atoms with Crippen molar-refractivity contribution in [3.8, 4) is 0 Å². The molecular weight excluding hydrogens is 308 g/mol. The summed E-state index contributed by atoms with van der Waals surface area (Å²) in [5.74, 6) is -0.634. The van der Waals surface area contributed by atoms with Crippen LogP contribution in [0.25, 0.3) is 5.65 Å². The van der Waals surface area contributed by atoms with E-state index in [1.54, 1.807) is 0 Å². The number of fused-ring (bicyclic) bond motifs is 2. The zero-order valence-corrected chi connectivity index (χ0v) is 14.0. The predicted molar refractivity (Wildman–Crippen MR) is 86.7 cm³/mol. The number of hydrogen-bond acceptors (Lipinski definition) is 5. The number of aryl methyl sites for hydroxylation is 2. The summed E-state index contributed by atoms with van der Waals surface area (Å²) in [6.07, 6.45) is 2.44. The maximum Gasteiger partial charge on any atom is 0.311 e. The summed E-state index contributed by atoms with van der Waals surface area (Å²) < 4.78 is 7.37. The monoisotopic (exact) mass is 330 g/mol. The van der Waals surface area contributed by atoms with Gasteiger partial charge in [-0.1, -0.05) is 0 Å². The highest BCUT2D eigenvalue weighted by Crippen LogP contribution is 2.42. The molecule has 0 aliphatic carbocycles. The van der Waals surface area contributed by atoms with E-state index in [1.807, 2.05) is 30.6 Å². The average molecular weight is 330 g/mol. The molecule has 0 bridgehead atoms. The lowest BCUT2D eigenvalue weighted by molar-refractivity contribution is -0.157. The number of aliphatic carboxylic acids is 1. The van der Waals surface area contributed by atoms with Gasteiger partial charge in [0, 0.05) is 49.1 Å². The van der Waals surface area contributed by atoms with Gasteiger partial charge >= 0.3 is 5.97 Å². The molecule has 4 rings (SSSR count). The molecule has 2 aromatic heterocycles. The van der Waals surface area contributed by atoms with Crippen LogP contribution in [0.5, 0.6) is 0 Å². The van der Waals surface area contributed by atoms with Gasteiger partial charge in [0.2, 0.25) is 0 Å². The van der Waals surface area contributed by atoms with E-state index in [2.05, 4.69) is 15.0 Å². The van der Waals surface area contributed by atoms with Crippen LogP contribution in [0.4, 0.5) is 0 Å². The van der Waals surface area contributed by atoms with Gasteiger partial charge in [0.15, 0.2) is 5.65 Å². The van der Waals surface area contributed by atoms with Crippen molar-refractivity contribution >= 4 is 11.6 Å². The number of rotatable bonds is 3. The van der Waals surface area contributed by atoms with E-state index in [-0.39, 0.29) is 5.92 Å². The van der Waals surface area contributed by atoms with Crippen LogP contribution in [-0.4, -0.2) is 56.9 Å². The Morgan fingerprint density at radius 2 is 2.33 bits per heavy atom. The fraction of sp³-hybridized carbons (Fsp3) is 0.588. The third-order valence-electron chi connectivity index (χ3n) is 5.45. The summed E-state index contributed by atoms with van der Waals surface area (Å²) >= 11 is 0. The molecule has 2 saturated heterocycles. The fourth-order valence-electron chi connectivity index (χ4n) is 4.19. The van der Waals surface area contributed by atoms with Crippen LogP contribution in [0.3, 0.4) is 0 Å². The minimum absolute atomic E-state index is 0.0574. The molecular formula is C17H22N4O3. The standard InChI is InChI=1S/C17H22N4O3/c1-11-5-12(2)21-15(19-11)13(6-18-21)7-20-8-14-9-24-4-3-17(14,10-20)16(22)23/h5-6,14H,3-4,7-10H2,1-2H3,(H,22,23)/t14-,17+/m1/s1. The average Bonchev–Trinajstić information content (AvgIpc) is 3.10. The molecule has 0 aromatic carbocycles. The van der Waals surface area contributed by atoms with Gasteiger partial charge in [-0.2, -0.15) is 5.10 Å². The highest BCUT2D eigenvalue weighted by molar-refractivity contribution is 5.76. The van der Waals surface area contributed by atoms with Gasteiger partial charge < -0.3 is 9.84 Å². The maximum absolute atomic E-state index is 11.9. The molecule has 128 valence electrons. The zero-order chi connectivity index (χ0) is 16.9. The topological polar surface area (TPSA) is 80.0 Å². The van der Waals surface area contributed by atoms with Gasteiger partial charge in [0.05, 0.1) is 18.2 Å². The summed E-state index contributed by atoms with van der Waals surface area (Å²) in [4.78, 5) is 18.7. The van der Waals surface area contributed by atoms with Crippen molar-refractivity contribution in [3.63, 3.8) is 0 Å². The molecule has 2 aromatic rings. The molecule has 0 amide bonds. The second-order valence-electron chi connectivity index (χ2n) is 7.10. The van der Waals surface area contributed by atoms with Gasteiger partial charge in [-0.05, 0) is 26.3 Å². The summed E-state index contributed by atoms with van der Waals surface area (Å²) in [5, 5.41) is 14.2. The van der Waals surface area contributed by atoms with E-state index < -0.39 is 11.4 Å². The molecule has 2 fully saturated rings. The molecule has 0 radical (unpaired) electrons. The second kappa shape index (κ2) is 5.53. The van der Waals surface area contributed by atoms with Crippen LogP contribution in [0.1, 0.15) is 23.4 Å². The van der Waals surface area contributed by atoms with E-state index in [0.29, 0.717) is 32.7 Å². The Labute approximate surface area is 140 Å². The van der Waals surface area contributed by atoms with Crippen LogP contribution >= 0.6 is 0 Å². The van der Waals surface area contributed by atoms with Crippen LogP contribution in [0.2, 0.25) is 0 Å². The first-order chi connectivity index (χ1) is 11.5. The summed E-state index contributed by atoms with van der Waals surface area (Å²) in [6.45, 7) is 7.05. The lowest BCUT2D eigenvalue weighted by Gasteiger charge is -2.34. The van der Waals surface area contributed by atoms with Crippen molar-refractivity contribution < 1.29 is 14.6 Å². The molecule has 4 heterocycles. The van der Waals surface area contributed by atoms with E-state index in [1.165, 1.54) is 0 Å². The predicted octanol–water partition coefficient (Wildman–Crippen LogP) is 1.27. The van der Waals surface area contributed by atoms with Crippen molar-refractivity contribution in [1.82, 2.24) is 19.5 Å². The van der Waals surface area contributed by atoms with Gasteiger partial charge in [-0.3, -0.25) is 9.69 Å². The number of carboxylic acid groups (broad SMARTS) is 1. The van der Waals surface area contributed by atoms with Gasteiger partial charge in [0.1, 0.15) is 0 Å². The third-order valence-corrected chi connectivity index (χ3v) is 5.45. The van der Waals surface area contributed by atoms with Crippen LogP contribution in [0.15, 0.2) is 12.3 Å². The first kappa shape index (κ1) is 15.5. The Hall–Kier alpha value is -1.99. The highest BCUT2D eigenvalue weighted by Gasteiger charge is 2.53. The molecule has 0 saturated carbocycles. The summed E-state index contributed by atoms with van der Waals surface area (Å²) in [6, 6.07) is 2.00. The summed E-state index contributed by atoms with van der Waals surface area (Å²) in [5.41, 5.74) is 3.26. The Balaban J connectivity index is 1.62. The lowest BCUT2D eigenvalue weighted by atomic mass is 9.74. The van der Waals surface area contributed by atoms with Gasteiger partial charge in [-0.15, -0.1) is 0 Å². The van der Waals surface area contributed by atoms with Crippen LogP contribution in [-0.2, 0) is 16.1 Å². The largest absolute Gasteiger partial charge is 0.481 e. The van der Waals surface area contributed by atoms with Gasteiger partial charge in [-0.25, -0.2) is 9.50 Å². The smallest absolute Gasteiger partial charge is 0.311 e. The van der Waals surface area contributed by atoms with E-state index in [9.17, 15) is 9.90 Å². The number of carboxylic acids is 1. The Morgan fingerprint density at radius 1 is 1.50 bits per heavy atom. The molecule has 7 nitrogen and oxygen atoms in total.